The highest BCUT2D eigenvalue weighted by atomic mass is 19.4. The molecule has 2 atom stereocenters. The fourth-order valence-electron chi connectivity index (χ4n) is 3.20. The van der Waals surface area contributed by atoms with E-state index in [1.807, 2.05) is 0 Å². The summed E-state index contributed by atoms with van der Waals surface area (Å²) in [4.78, 5) is 37.1. The maximum absolute atomic E-state index is 12.6. The minimum atomic E-state index is -4.44. The molecule has 3 rings (SSSR count). The van der Waals surface area contributed by atoms with Crippen LogP contribution in [0.1, 0.15) is 42.9 Å². The number of carbonyl (C=O) groups excluding carboxylic acids is 3. The highest BCUT2D eigenvalue weighted by Gasteiger charge is 2.35. The lowest BCUT2D eigenvalue weighted by Crippen LogP contribution is -2.56. The van der Waals surface area contributed by atoms with Gasteiger partial charge in [-0.3, -0.25) is 14.5 Å². The molecule has 2 aliphatic heterocycles. The van der Waals surface area contributed by atoms with Gasteiger partial charge in [-0.2, -0.15) is 13.2 Å². The second-order valence-electron chi connectivity index (χ2n) is 6.49. The molecule has 2 N–H and O–H groups in total. The highest BCUT2D eigenvalue weighted by Crippen LogP contribution is 2.31. The number of halogens is 3. The van der Waals surface area contributed by atoms with E-state index in [2.05, 4.69) is 10.6 Å². The molecule has 0 aromatic heterocycles. The molecule has 26 heavy (non-hydrogen) atoms. The second kappa shape index (κ2) is 6.97. The molecule has 2 saturated heterocycles. The number of rotatable bonds is 3. The van der Waals surface area contributed by atoms with E-state index in [1.54, 1.807) is 0 Å². The van der Waals surface area contributed by atoms with Crippen molar-refractivity contribution in [1.82, 2.24) is 15.5 Å². The maximum atomic E-state index is 12.6. The van der Waals surface area contributed by atoms with E-state index in [0.29, 0.717) is 24.8 Å². The molecular weight excluding hydrogens is 351 g/mol. The van der Waals surface area contributed by atoms with Crippen molar-refractivity contribution in [2.24, 2.45) is 0 Å². The summed E-state index contributed by atoms with van der Waals surface area (Å²) in [6.07, 6.45) is -2.66. The van der Waals surface area contributed by atoms with Crippen LogP contribution in [0, 0.1) is 0 Å². The van der Waals surface area contributed by atoms with Crippen molar-refractivity contribution in [1.29, 1.82) is 0 Å². The number of nitrogens with zero attached hydrogens (tertiary/aromatic N) is 1. The topological polar surface area (TPSA) is 78.5 Å². The van der Waals surface area contributed by atoms with Gasteiger partial charge < -0.3 is 10.6 Å². The molecule has 0 aliphatic carbocycles. The number of carbonyl (C=O) groups is 3. The van der Waals surface area contributed by atoms with Crippen LogP contribution in [0.3, 0.4) is 0 Å². The molecule has 0 bridgehead atoms. The average Bonchev–Trinajstić information content (AvgIpc) is 2.57. The molecule has 0 radical (unpaired) electrons. The number of amides is 4. The molecule has 6 nitrogen and oxygen atoms in total. The first-order chi connectivity index (χ1) is 12.2. The van der Waals surface area contributed by atoms with E-state index in [4.69, 9.17) is 0 Å². The van der Waals surface area contributed by atoms with E-state index in [-0.39, 0.29) is 24.9 Å². The van der Waals surface area contributed by atoms with E-state index in [9.17, 15) is 27.6 Å². The monoisotopic (exact) mass is 369 g/mol. The van der Waals surface area contributed by atoms with Gasteiger partial charge in [-0.1, -0.05) is 12.1 Å². The zero-order valence-corrected chi connectivity index (χ0v) is 13.8. The first kappa shape index (κ1) is 18.2. The molecule has 9 heteroatoms. The van der Waals surface area contributed by atoms with Crippen LogP contribution < -0.4 is 10.6 Å². The summed E-state index contributed by atoms with van der Waals surface area (Å²) in [5, 5.41) is 5.39. The molecular formula is C17H18F3N3O3. The summed E-state index contributed by atoms with van der Waals surface area (Å²) in [6.45, 7) is 0.0934. The van der Waals surface area contributed by atoms with Crippen LogP contribution in [0.25, 0.3) is 0 Å². The Morgan fingerprint density at radius 3 is 2.35 bits per heavy atom. The highest BCUT2D eigenvalue weighted by molar-refractivity contribution is 5.97. The second-order valence-corrected chi connectivity index (χ2v) is 6.49. The lowest BCUT2D eigenvalue weighted by molar-refractivity contribution is -0.137. The molecule has 2 heterocycles. The molecule has 4 amide bonds. The van der Waals surface area contributed by atoms with Crippen LogP contribution in [0.2, 0.25) is 0 Å². The number of imide groups is 1. The van der Waals surface area contributed by atoms with Crippen LogP contribution in [0.5, 0.6) is 0 Å². The first-order valence-corrected chi connectivity index (χ1v) is 8.31. The van der Waals surface area contributed by atoms with Crippen molar-refractivity contribution in [3.8, 4) is 0 Å². The Morgan fingerprint density at radius 1 is 1.08 bits per heavy atom. The van der Waals surface area contributed by atoms with Crippen molar-refractivity contribution in [2.75, 3.05) is 6.54 Å². The first-order valence-electron chi connectivity index (χ1n) is 8.31. The normalized spacial score (nSPS) is 24.3. The molecule has 1 unspecified atom stereocenters. The molecule has 140 valence electrons. The van der Waals surface area contributed by atoms with Crippen molar-refractivity contribution < 1.29 is 27.6 Å². The third-order valence-corrected chi connectivity index (χ3v) is 4.59. The molecule has 1 aromatic carbocycles. The molecule has 0 saturated carbocycles. The summed E-state index contributed by atoms with van der Waals surface area (Å²) >= 11 is 0. The van der Waals surface area contributed by atoms with Gasteiger partial charge in [0.25, 0.3) is 0 Å². The Kier molecular flexibility index (Phi) is 4.88. The molecule has 1 aromatic rings. The van der Waals surface area contributed by atoms with Crippen LogP contribution in [-0.2, 0) is 15.8 Å². The molecule has 2 aliphatic rings. The van der Waals surface area contributed by atoms with Gasteiger partial charge in [0, 0.05) is 12.5 Å². The Balaban J connectivity index is 1.65. The Bertz CT molecular complexity index is 700. The zero-order chi connectivity index (χ0) is 18.9. The quantitative estimate of drug-likeness (QED) is 0.859. The summed E-state index contributed by atoms with van der Waals surface area (Å²) < 4.78 is 37.9. The van der Waals surface area contributed by atoms with Crippen LogP contribution >= 0.6 is 0 Å². The third kappa shape index (κ3) is 3.97. The fourth-order valence-corrected chi connectivity index (χ4v) is 3.20. The lowest BCUT2D eigenvalue weighted by atomic mass is 9.99. The Labute approximate surface area is 147 Å². The lowest BCUT2D eigenvalue weighted by Gasteiger charge is -2.34. The number of benzene rings is 1. The van der Waals surface area contributed by atoms with E-state index in [0.717, 1.165) is 17.0 Å². The number of urea groups is 1. The van der Waals surface area contributed by atoms with Crippen LogP contribution in [-0.4, -0.2) is 35.3 Å². The summed E-state index contributed by atoms with van der Waals surface area (Å²) in [5.74, 6) is -0.521. The Morgan fingerprint density at radius 2 is 1.77 bits per heavy atom. The maximum Gasteiger partial charge on any atom is 0.416 e. The fraction of sp³-hybridized carbons (Fsp3) is 0.471. The molecule has 2 fully saturated rings. The number of hydrogen-bond donors (Lipinski definition) is 2. The number of piperidine rings is 1. The molecule has 0 spiro atoms. The third-order valence-electron chi connectivity index (χ3n) is 4.59. The van der Waals surface area contributed by atoms with Gasteiger partial charge in [-0.25, -0.2) is 4.79 Å². The Hall–Kier alpha value is -2.58. The van der Waals surface area contributed by atoms with Gasteiger partial charge in [0.15, 0.2) is 0 Å². The van der Waals surface area contributed by atoms with Crippen molar-refractivity contribution in [2.45, 2.75) is 43.9 Å². The predicted octanol–water partition coefficient (Wildman–Crippen LogP) is 2.36. The van der Waals surface area contributed by atoms with E-state index >= 15 is 0 Å². The smallest absolute Gasteiger partial charge is 0.352 e. The van der Waals surface area contributed by atoms with Crippen molar-refractivity contribution in [3.63, 3.8) is 0 Å². The van der Waals surface area contributed by atoms with Crippen molar-refractivity contribution in [3.05, 3.63) is 35.4 Å². The van der Waals surface area contributed by atoms with Gasteiger partial charge >= 0.3 is 12.2 Å². The van der Waals surface area contributed by atoms with E-state index < -0.39 is 29.7 Å². The van der Waals surface area contributed by atoms with Crippen LogP contribution in [0.15, 0.2) is 24.3 Å². The van der Waals surface area contributed by atoms with Crippen LogP contribution in [0.4, 0.5) is 18.0 Å². The standard InChI is InChI=1S/C17H18F3N3O3/c18-17(19,20)11-6-4-10(5-7-11)13-8-15(25)23(16(26)22-13)9-12-2-1-3-14(24)21-12/h4-7,12-13H,1-3,8-9H2,(H,21,24)(H,22,26)/t12-,13?/m1/s1. The predicted molar refractivity (Wildman–Crippen MR) is 84.8 cm³/mol. The van der Waals surface area contributed by atoms with Gasteiger partial charge in [0.1, 0.15) is 0 Å². The number of hydrogen-bond acceptors (Lipinski definition) is 3. The average molecular weight is 369 g/mol. The van der Waals surface area contributed by atoms with E-state index in [1.165, 1.54) is 12.1 Å². The minimum absolute atomic E-state index is 0.0439. The van der Waals surface area contributed by atoms with Gasteiger partial charge in [-0.15, -0.1) is 0 Å². The summed E-state index contributed by atoms with van der Waals surface area (Å²) in [5.41, 5.74) is -0.352. The number of alkyl halides is 3. The summed E-state index contributed by atoms with van der Waals surface area (Å²) in [7, 11) is 0. The van der Waals surface area contributed by atoms with Gasteiger partial charge in [0.05, 0.1) is 24.6 Å². The number of nitrogens with one attached hydrogen (secondary N) is 2. The summed E-state index contributed by atoms with van der Waals surface area (Å²) in [6, 6.07) is 2.83. The largest absolute Gasteiger partial charge is 0.416 e. The van der Waals surface area contributed by atoms with Gasteiger partial charge in [0.2, 0.25) is 11.8 Å². The SMILES string of the molecule is O=C1CCC[C@H](CN2C(=O)CC(c3ccc(C(F)(F)F)cc3)NC2=O)N1. The van der Waals surface area contributed by atoms with Gasteiger partial charge in [-0.05, 0) is 30.5 Å². The minimum Gasteiger partial charge on any atom is -0.352 e. The van der Waals surface area contributed by atoms with Crippen molar-refractivity contribution >= 4 is 17.8 Å². The zero-order valence-electron chi connectivity index (χ0n) is 13.8.